The molecule has 1 aliphatic carbocycles. The lowest BCUT2D eigenvalue weighted by molar-refractivity contribution is -0.123. The van der Waals surface area contributed by atoms with Crippen LogP contribution in [0.1, 0.15) is 35.1 Å². The second-order valence-corrected chi connectivity index (χ2v) is 6.73. The van der Waals surface area contributed by atoms with E-state index in [1.54, 1.807) is 24.3 Å². The predicted molar refractivity (Wildman–Crippen MR) is 100 cm³/mol. The summed E-state index contributed by atoms with van der Waals surface area (Å²) in [6.07, 6.45) is 2.98. The molecule has 0 saturated heterocycles. The van der Waals surface area contributed by atoms with Gasteiger partial charge < -0.3 is 4.74 Å². The first-order valence-corrected chi connectivity index (χ1v) is 8.75. The normalized spacial score (nSPS) is 14.9. The van der Waals surface area contributed by atoms with Gasteiger partial charge in [0, 0.05) is 10.6 Å². The molecule has 2 aromatic rings. The first-order chi connectivity index (χ1) is 12.0. The fourth-order valence-electron chi connectivity index (χ4n) is 3.11. The van der Waals surface area contributed by atoms with Crippen LogP contribution in [-0.4, -0.2) is 18.2 Å². The third-order valence-corrected chi connectivity index (χ3v) is 4.52. The Morgan fingerprint density at radius 2 is 1.96 bits per heavy atom. The lowest BCUT2D eigenvalue weighted by Gasteiger charge is -2.20. The smallest absolute Gasteiger partial charge is 0.277 e. The molecule has 0 bridgehead atoms. The fourth-order valence-corrected chi connectivity index (χ4v) is 3.24. The Morgan fingerprint density at radius 3 is 2.72 bits per heavy atom. The fraction of sp³-hybridized carbons (Fsp3) is 0.300. The number of hydrogen-bond donors (Lipinski definition) is 1. The number of amides is 1. The Labute approximate surface area is 152 Å². The van der Waals surface area contributed by atoms with E-state index in [-0.39, 0.29) is 12.5 Å². The van der Waals surface area contributed by atoms with Crippen LogP contribution < -0.4 is 10.2 Å². The molecule has 4 nitrogen and oxygen atoms in total. The molecular formula is C20H21ClN2O2. The van der Waals surface area contributed by atoms with E-state index in [0.717, 1.165) is 30.5 Å². The quantitative estimate of drug-likeness (QED) is 0.835. The van der Waals surface area contributed by atoms with Crippen molar-refractivity contribution in [1.82, 2.24) is 5.43 Å². The summed E-state index contributed by atoms with van der Waals surface area (Å²) in [5.74, 6) is 0.320. The highest BCUT2D eigenvalue weighted by atomic mass is 35.5. The van der Waals surface area contributed by atoms with Crippen molar-refractivity contribution in [1.29, 1.82) is 0 Å². The van der Waals surface area contributed by atoms with Gasteiger partial charge in [-0.1, -0.05) is 23.2 Å². The number of carbonyl (C=O) groups is 1. The first-order valence-electron chi connectivity index (χ1n) is 8.37. The molecule has 1 amide bonds. The second-order valence-electron chi connectivity index (χ2n) is 6.30. The van der Waals surface area contributed by atoms with Crippen LogP contribution >= 0.6 is 11.6 Å². The first kappa shape index (κ1) is 17.5. The molecule has 0 atom stereocenters. The molecule has 0 saturated carbocycles. The minimum absolute atomic E-state index is 0.0852. The van der Waals surface area contributed by atoms with Gasteiger partial charge in [-0.3, -0.25) is 4.79 Å². The van der Waals surface area contributed by atoms with Crippen LogP contribution in [0.4, 0.5) is 0 Å². The van der Waals surface area contributed by atoms with E-state index < -0.39 is 0 Å². The van der Waals surface area contributed by atoms with E-state index in [0.29, 0.717) is 10.8 Å². The maximum absolute atomic E-state index is 12.0. The van der Waals surface area contributed by atoms with Gasteiger partial charge in [0.1, 0.15) is 5.75 Å². The summed E-state index contributed by atoms with van der Waals surface area (Å²) in [7, 11) is 0. The number of carbonyl (C=O) groups excluding carboxylic acids is 1. The highest BCUT2D eigenvalue weighted by Gasteiger charge is 2.18. The standard InChI is InChI=1S/C20H21ClN2O2/c1-13-10-14(2)17-4-3-5-19(18(17)11-13)22-23-20(24)12-25-16-8-6-15(21)7-9-16/h6-11H,3-5,12H2,1-2H3,(H,23,24)/b22-19-. The summed E-state index contributed by atoms with van der Waals surface area (Å²) < 4.78 is 5.43. The van der Waals surface area contributed by atoms with Crippen LogP contribution in [0.15, 0.2) is 41.5 Å². The summed E-state index contributed by atoms with van der Waals surface area (Å²) in [5, 5.41) is 4.98. The highest BCUT2D eigenvalue weighted by Crippen LogP contribution is 2.26. The number of nitrogens with zero attached hydrogens (tertiary/aromatic N) is 1. The third-order valence-electron chi connectivity index (χ3n) is 4.27. The predicted octanol–water partition coefficient (Wildman–Crippen LogP) is 4.19. The van der Waals surface area contributed by atoms with Crippen LogP contribution in [0.2, 0.25) is 5.02 Å². The van der Waals surface area contributed by atoms with Crippen molar-refractivity contribution in [3.8, 4) is 5.75 Å². The molecule has 0 radical (unpaired) electrons. The van der Waals surface area contributed by atoms with Crippen molar-refractivity contribution in [2.75, 3.05) is 6.61 Å². The largest absolute Gasteiger partial charge is 0.484 e. The number of aryl methyl sites for hydroxylation is 2. The molecule has 0 spiro atoms. The van der Waals surface area contributed by atoms with Crippen LogP contribution in [-0.2, 0) is 11.2 Å². The van der Waals surface area contributed by atoms with Crippen LogP contribution in [0, 0.1) is 13.8 Å². The van der Waals surface area contributed by atoms with Gasteiger partial charge in [-0.05, 0) is 74.6 Å². The van der Waals surface area contributed by atoms with Gasteiger partial charge in [0.25, 0.3) is 5.91 Å². The monoisotopic (exact) mass is 356 g/mol. The van der Waals surface area contributed by atoms with E-state index in [1.165, 1.54) is 16.7 Å². The molecule has 0 unspecified atom stereocenters. The zero-order valence-electron chi connectivity index (χ0n) is 14.4. The topological polar surface area (TPSA) is 50.7 Å². The van der Waals surface area contributed by atoms with E-state index in [9.17, 15) is 4.79 Å². The van der Waals surface area contributed by atoms with Crippen LogP contribution in [0.5, 0.6) is 5.75 Å². The van der Waals surface area contributed by atoms with E-state index in [1.807, 2.05) is 0 Å². The number of hydrazone groups is 1. The summed E-state index contributed by atoms with van der Waals surface area (Å²) in [6, 6.07) is 11.2. The van der Waals surface area contributed by atoms with Gasteiger partial charge >= 0.3 is 0 Å². The van der Waals surface area contributed by atoms with Gasteiger partial charge in [0.15, 0.2) is 6.61 Å². The van der Waals surface area contributed by atoms with Crippen molar-refractivity contribution >= 4 is 23.2 Å². The maximum Gasteiger partial charge on any atom is 0.277 e. The van der Waals surface area contributed by atoms with Gasteiger partial charge in [-0.25, -0.2) is 5.43 Å². The molecule has 1 N–H and O–H groups in total. The van der Waals surface area contributed by atoms with E-state index in [2.05, 4.69) is 36.5 Å². The summed E-state index contributed by atoms with van der Waals surface area (Å²) in [5.41, 5.74) is 8.54. The van der Waals surface area contributed by atoms with Crippen molar-refractivity contribution in [3.05, 3.63) is 63.7 Å². The zero-order valence-corrected chi connectivity index (χ0v) is 15.2. The van der Waals surface area contributed by atoms with Gasteiger partial charge in [0.2, 0.25) is 0 Å². The summed E-state index contributed by atoms with van der Waals surface area (Å²) in [4.78, 5) is 12.0. The Balaban J connectivity index is 1.64. The maximum atomic E-state index is 12.0. The molecule has 1 aliphatic rings. The van der Waals surface area contributed by atoms with Gasteiger partial charge in [-0.2, -0.15) is 5.10 Å². The Kier molecular flexibility index (Phi) is 5.39. The third kappa shape index (κ3) is 4.40. The molecule has 2 aromatic carbocycles. The Hall–Kier alpha value is -2.33. The van der Waals surface area contributed by atoms with E-state index >= 15 is 0 Å². The number of hydrogen-bond acceptors (Lipinski definition) is 3. The minimum atomic E-state index is -0.279. The van der Waals surface area contributed by atoms with Crippen LogP contribution in [0.25, 0.3) is 0 Å². The van der Waals surface area contributed by atoms with Crippen LogP contribution in [0.3, 0.4) is 0 Å². The van der Waals surface area contributed by atoms with Crippen molar-refractivity contribution in [2.45, 2.75) is 33.1 Å². The van der Waals surface area contributed by atoms with Crippen molar-refractivity contribution in [2.24, 2.45) is 5.10 Å². The number of nitrogens with one attached hydrogen (secondary N) is 1. The molecule has 130 valence electrons. The zero-order chi connectivity index (χ0) is 17.8. The molecule has 25 heavy (non-hydrogen) atoms. The van der Waals surface area contributed by atoms with Crippen molar-refractivity contribution < 1.29 is 9.53 Å². The number of rotatable bonds is 4. The number of benzene rings is 2. The lowest BCUT2D eigenvalue weighted by Crippen LogP contribution is -2.27. The number of halogens is 1. The number of ether oxygens (including phenoxy) is 1. The molecule has 5 heteroatoms. The Morgan fingerprint density at radius 1 is 1.20 bits per heavy atom. The van der Waals surface area contributed by atoms with Gasteiger partial charge in [0.05, 0.1) is 5.71 Å². The SMILES string of the molecule is Cc1cc(C)c2c(c1)/C(=N\NC(=O)COc1ccc(Cl)cc1)CCC2. The summed E-state index contributed by atoms with van der Waals surface area (Å²) >= 11 is 5.82. The number of fused-ring (bicyclic) bond motifs is 1. The molecule has 0 fully saturated rings. The minimum Gasteiger partial charge on any atom is -0.484 e. The second kappa shape index (κ2) is 7.70. The van der Waals surface area contributed by atoms with E-state index in [4.69, 9.17) is 16.3 Å². The van der Waals surface area contributed by atoms with Crippen molar-refractivity contribution in [3.63, 3.8) is 0 Å². The average molecular weight is 357 g/mol. The molecule has 0 heterocycles. The molecule has 0 aromatic heterocycles. The lowest BCUT2D eigenvalue weighted by atomic mass is 9.86. The van der Waals surface area contributed by atoms with Gasteiger partial charge in [-0.15, -0.1) is 0 Å². The molecular weight excluding hydrogens is 336 g/mol. The Bertz CT molecular complexity index is 813. The average Bonchev–Trinajstić information content (AvgIpc) is 2.59. The highest BCUT2D eigenvalue weighted by molar-refractivity contribution is 6.30. The molecule has 0 aliphatic heterocycles. The molecule has 3 rings (SSSR count). The summed E-state index contributed by atoms with van der Waals surface area (Å²) in [6.45, 7) is 4.13.